The van der Waals surface area contributed by atoms with Crippen LogP contribution in [-0.4, -0.2) is 13.7 Å². The molecule has 1 atom stereocenters. The van der Waals surface area contributed by atoms with Gasteiger partial charge in [0.25, 0.3) is 0 Å². The van der Waals surface area contributed by atoms with Crippen LogP contribution in [0.2, 0.25) is 10.0 Å². The van der Waals surface area contributed by atoms with Crippen molar-refractivity contribution >= 4 is 28.9 Å². The minimum atomic E-state index is -0.149. The van der Waals surface area contributed by atoms with Crippen LogP contribution < -0.4 is 15.8 Å². The van der Waals surface area contributed by atoms with Crippen molar-refractivity contribution in [1.82, 2.24) is 0 Å². The zero-order valence-electron chi connectivity index (χ0n) is 11.1. The molecule has 20 heavy (non-hydrogen) atoms. The lowest BCUT2D eigenvalue weighted by Crippen LogP contribution is -2.21. The number of hydrogen-bond donors (Lipinski definition) is 2. The van der Waals surface area contributed by atoms with Crippen LogP contribution in [0.25, 0.3) is 0 Å². The summed E-state index contributed by atoms with van der Waals surface area (Å²) in [5, 5.41) is 4.54. The molecule has 3 nitrogen and oxygen atoms in total. The van der Waals surface area contributed by atoms with E-state index >= 15 is 0 Å². The third-order valence-corrected chi connectivity index (χ3v) is 3.67. The van der Waals surface area contributed by atoms with Crippen molar-refractivity contribution in [3.63, 3.8) is 0 Å². The summed E-state index contributed by atoms with van der Waals surface area (Å²) in [4.78, 5) is 0. The van der Waals surface area contributed by atoms with Gasteiger partial charge in [-0.3, -0.25) is 0 Å². The van der Waals surface area contributed by atoms with E-state index in [1.807, 2.05) is 30.3 Å². The summed E-state index contributed by atoms with van der Waals surface area (Å²) >= 11 is 12.4. The van der Waals surface area contributed by atoms with E-state index in [0.29, 0.717) is 16.6 Å². The Morgan fingerprint density at radius 2 is 1.70 bits per heavy atom. The van der Waals surface area contributed by atoms with Crippen molar-refractivity contribution in [3.05, 3.63) is 58.1 Å². The largest absolute Gasteiger partial charge is 0.497 e. The van der Waals surface area contributed by atoms with Gasteiger partial charge in [-0.2, -0.15) is 0 Å². The van der Waals surface area contributed by atoms with Gasteiger partial charge >= 0.3 is 0 Å². The maximum Gasteiger partial charge on any atom is 0.119 e. The highest BCUT2D eigenvalue weighted by atomic mass is 35.5. The first-order valence-corrected chi connectivity index (χ1v) is 6.96. The van der Waals surface area contributed by atoms with Crippen LogP contribution in [0, 0.1) is 0 Å². The number of nitrogens with one attached hydrogen (secondary N) is 1. The molecule has 2 rings (SSSR count). The van der Waals surface area contributed by atoms with Crippen molar-refractivity contribution in [1.29, 1.82) is 0 Å². The molecule has 2 aromatic carbocycles. The molecule has 0 saturated heterocycles. The van der Waals surface area contributed by atoms with Gasteiger partial charge in [-0.15, -0.1) is 0 Å². The van der Waals surface area contributed by atoms with Crippen LogP contribution in [0.1, 0.15) is 11.6 Å². The molecule has 5 heteroatoms. The molecular weight excluding hydrogens is 295 g/mol. The fourth-order valence-electron chi connectivity index (χ4n) is 1.98. The summed E-state index contributed by atoms with van der Waals surface area (Å²) in [7, 11) is 1.63. The van der Waals surface area contributed by atoms with Crippen LogP contribution in [0.5, 0.6) is 5.75 Å². The molecule has 0 radical (unpaired) electrons. The lowest BCUT2D eigenvalue weighted by atomic mass is 10.1. The zero-order chi connectivity index (χ0) is 14.5. The van der Waals surface area contributed by atoms with E-state index in [1.54, 1.807) is 19.2 Å². The second-order valence-electron chi connectivity index (χ2n) is 4.30. The van der Waals surface area contributed by atoms with E-state index in [9.17, 15) is 0 Å². The van der Waals surface area contributed by atoms with Crippen molar-refractivity contribution in [2.24, 2.45) is 5.73 Å². The highest BCUT2D eigenvalue weighted by Crippen LogP contribution is 2.32. The SMILES string of the molecule is COc1ccc(NC(CN)c2c(Cl)cccc2Cl)cc1. The third-order valence-electron chi connectivity index (χ3n) is 3.01. The van der Waals surface area contributed by atoms with E-state index in [0.717, 1.165) is 17.0 Å². The minimum Gasteiger partial charge on any atom is -0.497 e. The van der Waals surface area contributed by atoms with Crippen molar-refractivity contribution < 1.29 is 4.74 Å². The summed E-state index contributed by atoms with van der Waals surface area (Å²) in [6.07, 6.45) is 0. The van der Waals surface area contributed by atoms with Gasteiger partial charge in [0, 0.05) is 27.8 Å². The second kappa shape index (κ2) is 6.84. The Hall–Kier alpha value is -1.42. The lowest BCUT2D eigenvalue weighted by Gasteiger charge is -2.21. The number of halogens is 2. The van der Waals surface area contributed by atoms with Crippen LogP contribution in [0.4, 0.5) is 5.69 Å². The predicted molar refractivity (Wildman–Crippen MR) is 84.9 cm³/mol. The fraction of sp³-hybridized carbons (Fsp3) is 0.200. The Labute approximate surface area is 128 Å². The molecule has 0 amide bonds. The monoisotopic (exact) mass is 310 g/mol. The number of hydrogen-bond acceptors (Lipinski definition) is 3. The van der Waals surface area contributed by atoms with Crippen LogP contribution in [-0.2, 0) is 0 Å². The third kappa shape index (κ3) is 3.37. The highest BCUT2D eigenvalue weighted by Gasteiger charge is 2.16. The first-order chi connectivity index (χ1) is 9.65. The highest BCUT2D eigenvalue weighted by molar-refractivity contribution is 6.36. The van der Waals surface area contributed by atoms with Gasteiger partial charge in [0.2, 0.25) is 0 Å². The van der Waals surface area contributed by atoms with Crippen molar-refractivity contribution in [3.8, 4) is 5.75 Å². The number of methoxy groups -OCH3 is 1. The summed E-state index contributed by atoms with van der Waals surface area (Å²) in [6, 6.07) is 12.9. The summed E-state index contributed by atoms with van der Waals surface area (Å²) in [5.74, 6) is 0.802. The maximum atomic E-state index is 6.22. The topological polar surface area (TPSA) is 47.3 Å². The van der Waals surface area contributed by atoms with Crippen LogP contribution in [0.3, 0.4) is 0 Å². The first-order valence-electron chi connectivity index (χ1n) is 6.20. The quantitative estimate of drug-likeness (QED) is 0.873. The molecule has 106 valence electrons. The molecule has 0 aliphatic carbocycles. The molecule has 0 aromatic heterocycles. The van der Waals surface area contributed by atoms with Gasteiger partial charge < -0.3 is 15.8 Å². The average Bonchev–Trinajstić information content (AvgIpc) is 2.46. The summed E-state index contributed by atoms with van der Waals surface area (Å²) in [5.41, 5.74) is 7.58. The van der Waals surface area contributed by atoms with Gasteiger partial charge in [-0.05, 0) is 36.4 Å². The minimum absolute atomic E-state index is 0.149. The molecule has 2 aromatic rings. The first kappa shape index (κ1) is 15.0. The van der Waals surface area contributed by atoms with E-state index in [1.165, 1.54) is 0 Å². The Morgan fingerprint density at radius 1 is 1.10 bits per heavy atom. The number of benzene rings is 2. The van der Waals surface area contributed by atoms with Gasteiger partial charge in [-0.1, -0.05) is 29.3 Å². The molecule has 0 fully saturated rings. The Bertz CT molecular complexity index is 552. The maximum absolute atomic E-state index is 6.22. The van der Waals surface area contributed by atoms with E-state index in [4.69, 9.17) is 33.7 Å². The van der Waals surface area contributed by atoms with Gasteiger partial charge in [0.15, 0.2) is 0 Å². The molecule has 0 aliphatic heterocycles. The second-order valence-corrected chi connectivity index (χ2v) is 5.11. The molecule has 1 unspecified atom stereocenters. The molecule has 0 saturated carbocycles. The molecule has 0 bridgehead atoms. The predicted octanol–water partition coefficient (Wildman–Crippen LogP) is 4.11. The Kier molecular flexibility index (Phi) is 5.12. The normalized spacial score (nSPS) is 12.0. The standard InChI is InChI=1S/C15H16Cl2N2O/c1-20-11-7-5-10(6-8-11)19-14(9-18)15-12(16)3-2-4-13(15)17/h2-8,14,19H,9,18H2,1H3. The Morgan fingerprint density at radius 3 is 2.20 bits per heavy atom. The number of anilines is 1. The van der Waals surface area contributed by atoms with E-state index < -0.39 is 0 Å². The Balaban J connectivity index is 2.24. The number of rotatable bonds is 5. The van der Waals surface area contributed by atoms with Crippen LogP contribution >= 0.6 is 23.2 Å². The number of ether oxygens (including phenoxy) is 1. The van der Waals surface area contributed by atoms with Gasteiger partial charge in [0.1, 0.15) is 5.75 Å². The fourth-order valence-corrected chi connectivity index (χ4v) is 2.64. The molecule has 0 aliphatic rings. The van der Waals surface area contributed by atoms with Gasteiger partial charge in [0.05, 0.1) is 13.2 Å². The molecule has 0 spiro atoms. The smallest absolute Gasteiger partial charge is 0.119 e. The summed E-state index contributed by atoms with van der Waals surface area (Å²) in [6.45, 7) is 0.384. The average molecular weight is 311 g/mol. The number of nitrogens with two attached hydrogens (primary N) is 1. The lowest BCUT2D eigenvalue weighted by molar-refractivity contribution is 0.415. The van der Waals surface area contributed by atoms with E-state index in [-0.39, 0.29) is 6.04 Å². The van der Waals surface area contributed by atoms with Crippen molar-refractivity contribution in [2.75, 3.05) is 19.0 Å². The van der Waals surface area contributed by atoms with Crippen LogP contribution in [0.15, 0.2) is 42.5 Å². The van der Waals surface area contributed by atoms with Crippen molar-refractivity contribution in [2.45, 2.75) is 6.04 Å². The van der Waals surface area contributed by atoms with E-state index in [2.05, 4.69) is 5.32 Å². The molecule has 3 N–H and O–H groups in total. The zero-order valence-corrected chi connectivity index (χ0v) is 12.6. The molecule has 0 heterocycles. The summed E-state index contributed by atoms with van der Waals surface area (Å²) < 4.78 is 5.13. The van der Waals surface area contributed by atoms with Gasteiger partial charge in [-0.25, -0.2) is 0 Å². The molecular formula is C15H16Cl2N2O.